The summed E-state index contributed by atoms with van der Waals surface area (Å²) in [5.41, 5.74) is 4.07. The Balaban J connectivity index is 0.872. The van der Waals surface area contributed by atoms with Crippen molar-refractivity contribution in [1.29, 1.82) is 0 Å². The quantitative estimate of drug-likeness (QED) is 0.0416. The van der Waals surface area contributed by atoms with E-state index in [1.54, 1.807) is 0 Å². The van der Waals surface area contributed by atoms with Crippen LogP contribution in [0.3, 0.4) is 0 Å². The van der Waals surface area contributed by atoms with Crippen molar-refractivity contribution in [2.75, 3.05) is 44.6 Å². The second kappa shape index (κ2) is 20.5. The average Bonchev–Trinajstić information content (AvgIpc) is 3.25. The van der Waals surface area contributed by atoms with Crippen LogP contribution >= 0.6 is 0 Å². The first-order valence-corrected chi connectivity index (χ1v) is 22.8. The number of piperidine rings is 1. The lowest BCUT2D eigenvalue weighted by Crippen LogP contribution is -2.68. The summed E-state index contributed by atoms with van der Waals surface area (Å²) in [7, 11) is -2.73. The molecule has 1 aliphatic rings. The number of anilines is 1. The number of aliphatic hydroxyl groups excluding tert-OH is 1. The number of carbonyl (C=O) groups excluding carboxylic acids is 2. The van der Waals surface area contributed by atoms with Gasteiger partial charge in [0.1, 0.15) is 24.2 Å². The summed E-state index contributed by atoms with van der Waals surface area (Å²) >= 11 is 0. The number of aryl methyl sites for hydroxylation is 1. The maximum absolute atomic E-state index is 12.7. The van der Waals surface area contributed by atoms with E-state index in [4.69, 9.17) is 9.16 Å². The molecule has 1 atom stereocenters. The summed E-state index contributed by atoms with van der Waals surface area (Å²) in [6.45, 7) is 11.8. The number of nitrogens with one attached hydrogen (secondary N) is 3. The Morgan fingerprint density at radius 1 is 0.780 bits per heavy atom. The number of likely N-dealkylation sites (tertiary alicyclic amines) is 1. The highest BCUT2D eigenvalue weighted by atomic mass is 28.4. The molecule has 5 aromatic carbocycles. The maximum atomic E-state index is 12.7. The van der Waals surface area contributed by atoms with Gasteiger partial charge in [-0.15, -0.1) is 0 Å². The van der Waals surface area contributed by atoms with Crippen molar-refractivity contribution >= 4 is 36.2 Å². The summed E-state index contributed by atoms with van der Waals surface area (Å²) in [6.07, 6.45) is 2.19. The molecule has 10 heteroatoms. The minimum absolute atomic E-state index is 0.0354. The second-order valence-electron chi connectivity index (χ2n) is 16.5. The van der Waals surface area contributed by atoms with Crippen molar-refractivity contribution in [2.24, 2.45) is 0 Å². The van der Waals surface area contributed by atoms with Gasteiger partial charge < -0.3 is 35.1 Å². The third-order valence-electron chi connectivity index (χ3n) is 11.0. The zero-order chi connectivity index (χ0) is 41.7. The minimum Gasteiger partial charge on any atom is -0.534 e. The third-order valence-corrected chi connectivity index (χ3v) is 16.0. The van der Waals surface area contributed by atoms with Crippen LogP contribution in [0.2, 0.25) is 5.04 Å². The highest BCUT2D eigenvalue weighted by molar-refractivity contribution is 7.00. The van der Waals surface area contributed by atoms with E-state index in [-0.39, 0.29) is 29.9 Å². The fourth-order valence-corrected chi connectivity index (χ4v) is 12.1. The van der Waals surface area contributed by atoms with Gasteiger partial charge in [0.05, 0.1) is 0 Å². The average molecular weight is 813 g/mol. The van der Waals surface area contributed by atoms with E-state index in [0.29, 0.717) is 43.5 Å². The Hall–Kier alpha value is -5.42. The van der Waals surface area contributed by atoms with Crippen LogP contribution in [-0.4, -0.2) is 81.6 Å². The smallest absolute Gasteiger partial charge is 0.319 e. The molecule has 1 heterocycles. The number of ketones is 1. The van der Waals surface area contributed by atoms with Gasteiger partial charge in [0.15, 0.2) is 5.78 Å². The van der Waals surface area contributed by atoms with Crippen molar-refractivity contribution < 1.29 is 23.9 Å². The zero-order valence-corrected chi connectivity index (χ0v) is 36.0. The van der Waals surface area contributed by atoms with Crippen molar-refractivity contribution in [1.82, 2.24) is 15.5 Å². The molecule has 0 spiro atoms. The van der Waals surface area contributed by atoms with E-state index in [1.165, 1.54) is 15.9 Å². The van der Waals surface area contributed by atoms with Gasteiger partial charge in [0, 0.05) is 49.9 Å². The SMILES string of the molecule is Cc1ccc(C(=O)CCNC(=O)N2CCC(Nc3ccc(CCNC[C@H](O)COc4ccc(O[Si](c5ccccc5)(c5ccccc5)C(C)(C)C)cc4)cc3)CC2)cc1. The molecule has 2 amide bonds. The number of ether oxygens (including phenoxy) is 1. The van der Waals surface area contributed by atoms with Crippen LogP contribution in [0.4, 0.5) is 10.5 Å². The monoisotopic (exact) mass is 812 g/mol. The lowest BCUT2D eigenvalue weighted by atomic mass is 10.0. The van der Waals surface area contributed by atoms with E-state index in [1.807, 2.05) is 72.5 Å². The van der Waals surface area contributed by atoms with Gasteiger partial charge in [0.25, 0.3) is 0 Å². The van der Waals surface area contributed by atoms with E-state index in [9.17, 15) is 14.7 Å². The first kappa shape index (κ1) is 43.2. The molecule has 59 heavy (non-hydrogen) atoms. The number of rotatable bonds is 18. The van der Waals surface area contributed by atoms with Crippen LogP contribution in [0.1, 0.15) is 61.5 Å². The number of aliphatic hydroxyl groups is 1. The second-order valence-corrected chi connectivity index (χ2v) is 20.8. The third kappa shape index (κ3) is 11.8. The van der Waals surface area contributed by atoms with Crippen molar-refractivity contribution in [3.8, 4) is 11.5 Å². The maximum Gasteiger partial charge on any atom is 0.319 e. The van der Waals surface area contributed by atoms with E-state index < -0.39 is 14.4 Å². The molecule has 310 valence electrons. The predicted octanol–water partition coefficient (Wildman–Crippen LogP) is 7.36. The Morgan fingerprint density at radius 3 is 1.97 bits per heavy atom. The molecule has 0 aliphatic carbocycles. The molecule has 0 radical (unpaired) electrons. The lowest BCUT2D eigenvalue weighted by molar-refractivity contribution is 0.0982. The molecular formula is C49H60N4O5Si. The van der Waals surface area contributed by atoms with E-state index in [2.05, 4.69) is 110 Å². The number of benzene rings is 5. The summed E-state index contributed by atoms with van der Waals surface area (Å²) < 4.78 is 13.1. The van der Waals surface area contributed by atoms with Crippen LogP contribution in [0.15, 0.2) is 133 Å². The van der Waals surface area contributed by atoms with Crippen LogP contribution in [0.25, 0.3) is 0 Å². The summed E-state index contributed by atoms with van der Waals surface area (Å²) in [5.74, 6) is 1.51. The van der Waals surface area contributed by atoms with Crippen molar-refractivity contribution in [3.63, 3.8) is 0 Å². The lowest BCUT2D eigenvalue weighted by Gasteiger charge is -2.43. The fraction of sp³-hybridized carbons (Fsp3) is 0.347. The van der Waals surface area contributed by atoms with Crippen molar-refractivity contribution in [2.45, 2.75) is 70.6 Å². The molecular weight excluding hydrogens is 753 g/mol. The molecule has 4 N–H and O–H groups in total. The number of amides is 2. The standard InChI is InChI=1S/C49H60N4O5Si/c1-37-15-19-39(20-16-37)47(55)28-32-51-48(56)53-33-29-41(30-34-53)52-40-21-17-38(18-22-40)27-31-50-35-42(54)36-57-43-23-25-44(26-24-43)58-59(49(2,3)4,45-11-7-5-8-12-45)46-13-9-6-10-14-46/h5-26,41-42,50,52,54H,27-36H2,1-4H3,(H,51,56)/t42-/m0/s1. The van der Waals surface area contributed by atoms with Crippen LogP contribution in [-0.2, 0) is 6.42 Å². The minimum atomic E-state index is -2.73. The first-order valence-electron chi connectivity index (χ1n) is 20.9. The first-order chi connectivity index (χ1) is 28.5. The largest absolute Gasteiger partial charge is 0.534 e. The van der Waals surface area contributed by atoms with Gasteiger partial charge in [-0.05, 0) is 90.1 Å². The van der Waals surface area contributed by atoms with Gasteiger partial charge in [-0.25, -0.2) is 4.79 Å². The Labute approximate surface area is 351 Å². The van der Waals surface area contributed by atoms with Gasteiger partial charge in [0.2, 0.25) is 0 Å². The van der Waals surface area contributed by atoms with Gasteiger partial charge in [-0.1, -0.05) is 123 Å². The molecule has 0 bridgehead atoms. The number of nitrogens with zero attached hydrogens (tertiary/aromatic N) is 1. The number of hydrogen-bond donors (Lipinski definition) is 4. The molecule has 6 rings (SSSR count). The molecule has 0 aromatic heterocycles. The van der Waals surface area contributed by atoms with Gasteiger partial charge in [-0.2, -0.15) is 0 Å². The highest BCUT2D eigenvalue weighted by Crippen LogP contribution is 2.38. The van der Waals surface area contributed by atoms with Crippen LogP contribution in [0, 0.1) is 6.92 Å². The predicted molar refractivity (Wildman–Crippen MR) is 241 cm³/mol. The normalized spacial score (nSPS) is 14.0. The highest BCUT2D eigenvalue weighted by Gasteiger charge is 2.52. The van der Waals surface area contributed by atoms with Crippen molar-refractivity contribution in [3.05, 3.63) is 150 Å². The Morgan fingerprint density at radius 2 is 1.37 bits per heavy atom. The zero-order valence-electron chi connectivity index (χ0n) is 35.0. The molecule has 9 nitrogen and oxygen atoms in total. The summed E-state index contributed by atoms with van der Waals surface area (Å²) in [6, 6.07) is 45.1. The van der Waals surface area contributed by atoms with Crippen LogP contribution < -0.4 is 35.5 Å². The topological polar surface area (TPSA) is 112 Å². The molecule has 1 fully saturated rings. The molecule has 5 aromatic rings. The molecule has 1 saturated heterocycles. The summed E-state index contributed by atoms with van der Waals surface area (Å²) in [4.78, 5) is 26.9. The fourth-order valence-electron chi connectivity index (χ4n) is 7.69. The number of urea groups is 1. The number of hydrogen-bond acceptors (Lipinski definition) is 7. The van der Waals surface area contributed by atoms with Gasteiger partial charge in [-0.3, -0.25) is 4.79 Å². The number of carbonyl (C=O) groups is 2. The Kier molecular flexibility index (Phi) is 15.0. The molecule has 0 unspecified atom stereocenters. The molecule has 1 aliphatic heterocycles. The molecule has 0 saturated carbocycles. The summed E-state index contributed by atoms with van der Waals surface area (Å²) in [5, 5.41) is 22.8. The number of Topliss-reactive ketones (excluding diaryl/α,β-unsaturated/α-hetero) is 1. The Bertz CT molecular complexity index is 2010. The van der Waals surface area contributed by atoms with E-state index in [0.717, 1.165) is 42.8 Å². The van der Waals surface area contributed by atoms with Crippen LogP contribution in [0.5, 0.6) is 11.5 Å². The van der Waals surface area contributed by atoms with E-state index >= 15 is 0 Å². The van der Waals surface area contributed by atoms with Gasteiger partial charge >= 0.3 is 14.3 Å².